The van der Waals surface area contributed by atoms with Gasteiger partial charge in [-0.3, -0.25) is 5.10 Å². The molecule has 1 aromatic heterocycles. The molecule has 2 N–H and O–H groups in total. The summed E-state index contributed by atoms with van der Waals surface area (Å²) in [5, 5.41) is 19.9. The van der Waals surface area contributed by atoms with Crippen LogP contribution in [0.4, 0.5) is 0 Å². The lowest BCUT2D eigenvalue weighted by molar-refractivity contribution is -0.139. The van der Waals surface area contributed by atoms with Gasteiger partial charge >= 0.3 is 5.97 Å². The van der Waals surface area contributed by atoms with Gasteiger partial charge in [0.2, 0.25) is 4.77 Å². The zero-order valence-electron chi connectivity index (χ0n) is 12.7. The Bertz CT molecular complexity index is 791. The Labute approximate surface area is 142 Å². The molecule has 1 atom stereocenters. The molecule has 126 valence electrons. The molecule has 24 heavy (non-hydrogen) atoms. The monoisotopic (exact) mass is 348 g/mol. The predicted molar refractivity (Wildman–Crippen MR) is 87.9 cm³/mol. The molecule has 0 radical (unpaired) electrons. The van der Waals surface area contributed by atoms with Gasteiger partial charge in [-0.25, -0.2) is 4.79 Å². The van der Waals surface area contributed by atoms with Crippen LogP contribution in [-0.2, 0) is 9.53 Å². The lowest BCUT2D eigenvalue weighted by Crippen LogP contribution is -2.09. The van der Waals surface area contributed by atoms with Crippen molar-refractivity contribution in [2.24, 2.45) is 5.10 Å². The molecule has 0 spiro atoms. The standard InChI is InChI=1S/C15H16N4O4S/c20-13(21)9-23-11-5-3-10(4-6-11)8-16-19-14(17-18-15(19)24)12-2-1-7-22-12/h3-6,8,12H,1-2,7,9H2,(H,18,24)(H,20,21)/b16-8-/t12-/m1/s1. The van der Waals surface area contributed by atoms with Crippen LogP contribution < -0.4 is 4.74 Å². The molecule has 0 saturated carbocycles. The fourth-order valence-electron chi connectivity index (χ4n) is 2.32. The van der Waals surface area contributed by atoms with Gasteiger partial charge in [0.05, 0.1) is 6.21 Å². The number of hydrogen-bond donors (Lipinski definition) is 2. The molecule has 0 aliphatic carbocycles. The van der Waals surface area contributed by atoms with E-state index in [0.717, 1.165) is 18.4 Å². The van der Waals surface area contributed by atoms with Crippen molar-refractivity contribution in [1.82, 2.24) is 14.9 Å². The lowest BCUT2D eigenvalue weighted by Gasteiger charge is -2.07. The number of nitrogens with zero attached hydrogens (tertiary/aromatic N) is 3. The number of rotatable bonds is 6. The van der Waals surface area contributed by atoms with Gasteiger partial charge < -0.3 is 14.6 Å². The van der Waals surface area contributed by atoms with Crippen LogP contribution >= 0.6 is 12.2 Å². The van der Waals surface area contributed by atoms with Crippen molar-refractivity contribution in [2.75, 3.05) is 13.2 Å². The van der Waals surface area contributed by atoms with E-state index in [1.54, 1.807) is 35.2 Å². The zero-order chi connectivity index (χ0) is 16.9. The molecule has 0 unspecified atom stereocenters. The number of aliphatic carboxylic acids is 1. The van der Waals surface area contributed by atoms with Crippen molar-refractivity contribution in [3.05, 3.63) is 40.4 Å². The third-order valence-electron chi connectivity index (χ3n) is 3.46. The third kappa shape index (κ3) is 3.87. The Morgan fingerprint density at radius 1 is 1.54 bits per heavy atom. The molecule has 2 heterocycles. The number of aromatic amines is 1. The first kappa shape index (κ1) is 16.3. The van der Waals surface area contributed by atoms with Crippen LogP contribution in [0.2, 0.25) is 0 Å². The van der Waals surface area contributed by atoms with Gasteiger partial charge in [-0.1, -0.05) is 0 Å². The molecular weight excluding hydrogens is 332 g/mol. The maximum atomic E-state index is 10.5. The van der Waals surface area contributed by atoms with E-state index in [4.69, 9.17) is 26.8 Å². The number of carboxylic acids is 1. The van der Waals surface area contributed by atoms with Crippen molar-refractivity contribution in [1.29, 1.82) is 0 Å². The van der Waals surface area contributed by atoms with Crippen molar-refractivity contribution in [3.8, 4) is 5.75 Å². The van der Waals surface area contributed by atoms with E-state index in [-0.39, 0.29) is 12.7 Å². The highest BCUT2D eigenvalue weighted by molar-refractivity contribution is 7.71. The minimum atomic E-state index is -1.02. The summed E-state index contributed by atoms with van der Waals surface area (Å²) >= 11 is 5.20. The molecule has 3 rings (SSSR count). The quantitative estimate of drug-likeness (QED) is 0.612. The molecule has 1 aliphatic heterocycles. The molecule has 2 aromatic rings. The summed E-state index contributed by atoms with van der Waals surface area (Å²) in [6.07, 6.45) is 3.43. The summed E-state index contributed by atoms with van der Waals surface area (Å²) in [6, 6.07) is 6.91. The minimum absolute atomic E-state index is 0.0955. The fourth-order valence-corrected chi connectivity index (χ4v) is 2.51. The van der Waals surface area contributed by atoms with Crippen LogP contribution in [0.5, 0.6) is 5.75 Å². The maximum absolute atomic E-state index is 10.5. The molecule has 0 amide bonds. The Morgan fingerprint density at radius 3 is 3.00 bits per heavy atom. The highest BCUT2D eigenvalue weighted by Gasteiger charge is 2.23. The van der Waals surface area contributed by atoms with Crippen molar-refractivity contribution >= 4 is 24.4 Å². The molecule has 8 nitrogen and oxygen atoms in total. The topological polar surface area (TPSA) is 102 Å². The van der Waals surface area contributed by atoms with Crippen LogP contribution in [0.15, 0.2) is 29.4 Å². The number of hydrogen-bond acceptors (Lipinski definition) is 6. The van der Waals surface area contributed by atoms with Gasteiger partial charge in [-0.2, -0.15) is 14.9 Å². The van der Waals surface area contributed by atoms with Crippen molar-refractivity contribution < 1.29 is 19.4 Å². The molecular formula is C15H16N4O4S. The SMILES string of the molecule is O=C(O)COc1ccc(/C=N\n2c([C@H]3CCCO3)n[nH]c2=S)cc1. The summed E-state index contributed by atoms with van der Waals surface area (Å²) in [4.78, 5) is 10.5. The van der Waals surface area contributed by atoms with Gasteiger partial charge in [0, 0.05) is 6.61 Å². The lowest BCUT2D eigenvalue weighted by atomic mass is 10.2. The molecule has 1 saturated heterocycles. The smallest absolute Gasteiger partial charge is 0.341 e. The Balaban J connectivity index is 1.73. The maximum Gasteiger partial charge on any atom is 0.341 e. The number of H-pyrrole nitrogens is 1. The molecule has 9 heteroatoms. The van der Waals surface area contributed by atoms with E-state index in [1.807, 2.05) is 0 Å². The summed E-state index contributed by atoms with van der Waals surface area (Å²) < 4.78 is 12.7. The van der Waals surface area contributed by atoms with Crippen molar-refractivity contribution in [2.45, 2.75) is 18.9 Å². The summed E-state index contributed by atoms with van der Waals surface area (Å²) in [6.45, 7) is 0.341. The first-order chi connectivity index (χ1) is 11.6. The average Bonchev–Trinajstić information content (AvgIpc) is 3.21. The Morgan fingerprint density at radius 2 is 2.33 bits per heavy atom. The number of aromatic nitrogens is 3. The predicted octanol–water partition coefficient (Wildman–Crippen LogP) is 2.14. The number of benzene rings is 1. The van der Waals surface area contributed by atoms with Crippen LogP contribution in [0.25, 0.3) is 0 Å². The van der Waals surface area contributed by atoms with Gasteiger partial charge in [-0.05, 0) is 54.9 Å². The fraction of sp³-hybridized carbons (Fsp3) is 0.333. The second kappa shape index (κ2) is 7.37. The molecule has 1 aliphatic rings. The Hall–Kier alpha value is -2.52. The second-order valence-electron chi connectivity index (χ2n) is 5.20. The van der Waals surface area contributed by atoms with E-state index >= 15 is 0 Å². The third-order valence-corrected chi connectivity index (χ3v) is 3.72. The van der Waals surface area contributed by atoms with Crippen LogP contribution in [-0.4, -0.2) is 45.4 Å². The van der Waals surface area contributed by atoms with Gasteiger partial charge in [0.25, 0.3) is 0 Å². The van der Waals surface area contributed by atoms with Crippen molar-refractivity contribution in [3.63, 3.8) is 0 Å². The van der Waals surface area contributed by atoms with Crippen LogP contribution in [0, 0.1) is 4.77 Å². The van der Waals surface area contributed by atoms with E-state index in [9.17, 15) is 4.79 Å². The highest BCUT2D eigenvalue weighted by Crippen LogP contribution is 2.26. The van der Waals surface area contributed by atoms with E-state index < -0.39 is 5.97 Å². The largest absolute Gasteiger partial charge is 0.482 e. The second-order valence-corrected chi connectivity index (χ2v) is 5.58. The summed E-state index contributed by atoms with van der Waals surface area (Å²) in [5.74, 6) is 0.126. The summed E-state index contributed by atoms with van der Waals surface area (Å²) in [5.41, 5.74) is 0.819. The van der Waals surface area contributed by atoms with Gasteiger partial charge in [-0.15, -0.1) is 0 Å². The minimum Gasteiger partial charge on any atom is -0.482 e. The normalized spacial score (nSPS) is 17.4. The number of carboxylic acid groups (broad SMARTS) is 1. The zero-order valence-corrected chi connectivity index (χ0v) is 13.5. The van der Waals surface area contributed by atoms with E-state index in [1.165, 1.54) is 0 Å². The van der Waals surface area contributed by atoms with Gasteiger partial charge in [0.15, 0.2) is 12.4 Å². The molecule has 0 bridgehead atoms. The van der Waals surface area contributed by atoms with Crippen LogP contribution in [0.3, 0.4) is 0 Å². The molecule has 1 aromatic carbocycles. The first-order valence-electron chi connectivity index (χ1n) is 7.41. The van der Waals surface area contributed by atoms with Crippen LogP contribution in [0.1, 0.15) is 30.3 Å². The number of ether oxygens (including phenoxy) is 2. The van der Waals surface area contributed by atoms with Gasteiger partial charge in [0.1, 0.15) is 11.9 Å². The Kier molecular flexibility index (Phi) is 5.02. The molecule has 1 fully saturated rings. The van der Waals surface area contributed by atoms with E-state index in [0.29, 0.717) is 23.0 Å². The average molecular weight is 348 g/mol. The first-order valence-corrected chi connectivity index (χ1v) is 7.82. The number of nitrogens with one attached hydrogen (secondary N) is 1. The number of carbonyl (C=O) groups is 1. The summed E-state index contributed by atoms with van der Waals surface area (Å²) in [7, 11) is 0. The highest BCUT2D eigenvalue weighted by atomic mass is 32.1. The van der Waals surface area contributed by atoms with E-state index in [2.05, 4.69) is 15.3 Å².